The summed E-state index contributed by atoms with van der Waals surface area (Å²) in [5.74, 6) is 0.219. The van der Waals surface area contributed by atoms with Gasteiger partial charge < -0.3 is 5.11 Å². The van der Waals surface area contributed by atoms with Gasteiger partial charge in [0.2, 0.25) is 5.91 Å². The molecule has 0 unspecified atom stereocenters. The van der Waals surface area contributed by atoms with Gasteiger partial charge in [-0.25, -0.2) is 0 Å². The van der Waals surface area contributed by atoms with Crippen molar-refractivity contribution in [2.24, 2.45) is 0 Å². The third kappa shape index (κ3) is 3.72. The van der Waals surface area contributed by atoms with Gasteiger partial charge in [0, 0.05) is 11.4 Å². The van der Waals surface area contributed by atoms with Crippen molar-refractivity contribution >= 4 is 17.3 Å². The minimum absolute atomic E-state index is 0.0299. The molecule has 3 heteroatoms. The largest absolute Gasteiger partial charge is 0.508 e. The van der Waals surface area contributed by atoms with Gasteiger partial charge in [0.15, 0.2) is 0 Å². The number of aromatic hydroxyl groups is 1. The lowest BCUT2D eigenvalue weighted by molar-refractivity contribution is -0.117. The quantitative estimate of drug-likeness (QED) is 0.725. The van der Waals surface area contributed by atoms with E-state index in [1.807, 2.05) is 73.7 Å². The molecule has 0 saturated carbocycles. The first kappa shape index (κ1) is 16.8. The van der Waals surface area contributed by atoms with Crippen molar-refractivity contribution in [2.45, 2.75) is 19.8 Å². The van der Waals surface area contributed by atoms with Crippen LogP contribution in [0, 0.1) is 0 Å². The van der Waals surface area contributed by atoms with Crippen LogP contribution in [-0.2, 0) is 17.6 Å². The molecule has 0 aliphatic heterocycles. The second kappa shape index (κ2) is 7.67. The molecule has 3 rings (SSSR count). The molecule has 0 radical (unpaired) electrons. The van der Waals surface area contributed by atoms with E-state index < -0.39 is 0 Å². The summed E-state index contributed by atoms with van der Waals surface area (Å²) in [6.07, 6.45) is 0.924. The summed E-state index contributed by atoms with van der Waals surface area (Å²) in [5.41, 5.74) is 3.36. The van der Waals surface area contributed by atoms with Crippen LogP contribution in [0.5, 0.6) is 5.75 Å². The number of benzene rings is 3. The molecule has 3 aromatic carbocycles. The fourth-order valence-electron chi connectivity index (χ4n) is 3.03. The van der Waals surface area contributed by atoms with E-state index in [2.05, 4.69) is 0 Å². The molecule has 0 atom stereocenters. The first-order valence-corrected chi connectivity index (χ1v) is 8.43. The van der Waals surface area contributed by atoms with Crippen LogP contribution in [0.15, 0.2) is 78.9 Å². The first-order chi connectivity index (χ1) is 12.2. The molecule has 0 heterocycles. The summed E-state index contributed by atoms with van der Waals surface area (Å²) in [4.78, 5) is 14.9. The van der Waals surface area contributed by atoms with Crippen molar-refractivity contribution in [3.63, 3.8) is 0 Å². The maximum absolute atomic E-state index is 13.1. The Hall–Kier alpha value is -3.07. The van der Waals surface area contributed by atoms with Crippen molar-refractivity contribution in [1.82, 2.24) is 0 Å². The molecule has 126 valence electrons. The van der Waals surface area contributed by atoms with Crippen LogP contribution in [-0.4, -0.2) is 11.0 Å². The standard InChI is InChI=1S/C22H21NO2/c1-2-20-17(10-9-15-21(20)24)16-22(25)23(18-11-5-3-6-12-18)19-13-7-4-8-14-19/h3-15,24H,2,16H2,1H3. The lowest BCUT2D eigenvalue weighted by Crippen LogP contribution is -2.27. The van der Waals surface area contributed by atoms with E-state index in [4.69, 9.17) is 0 Å². The molecule has 25 heavy (non-hydrogen) atoms. The lowest BCUT2D eigenvalue weighted by Gasteiger charge is -2.23. The van der Waals surface area contributed by atoms with Crippen molar-refractivity contribution in [2.75, 3.05) is 4.90 Å². The van der Waals surface area contributed by atoms with Crippen LogP contribution in [0.25, 0.3) is 0 Å². The van der Waals surface area contributed by atoms with Crippen LogP contribution in [0.1, 0.15) is 18.1 Å². The minimum Gasteiger partial charge on any atom is -0.508 e. The molecule has 1 amide bonds. The fraction of sp³-hybridized carbons (Fsp3) is 0.136. The molecule has 3 aromatic rings. The molecular formula is C22H21NO2. The van der Waals surface area contributed by atoms with Gasteiger partial charge in [0.1, 0.15) is 5.75 Å². The third-order valence-corrected chi connectivity index (χ3v) is 4.22. The van der Waals surface area contributed by atoms with Crippen LogP contribution in [0.3, 0.4) is 0 Å². The maximum Gasteiger partial charge on any atom is 0.235 e. The number of phenols is 1. The topological polar surface area (TPSA) is 40.5 Å². The molecule has 0 aromatic heterocycles. The Morgan fingerprint density at radius 2 is 1.40 bits per heavy atom. The minimum atomic E-state index is -0.0299. The summed E-state index contributed by atoms with van der Waals surface area (Å²) in [6, 6.07) is 24.6. The van der Waals surface area contributed by atoms with E-state index in [0.717, 1.165) is 22.5 Å². The highest BCUT2D eigenvalue weighted by molar-refractivity contribution is 6.01. The number of nitrogens with zero attached hydrogens (tertiary/aromatic N) is 1. The molecule has 0 fully saturated rings. The molecule has 0 saturated heterocycles. The molecule has 0 bridgehead atoms. The van der Waals surface area contributed by atoms with E-state index in [1.165, 1.54) is 0 Å². The molecule has 0 aliphatic rings. The van der Waals surface area contributed by atoms with E-state index in [0.29, 0.717) is 6.42 Å². The van der Waals surface area contributed by atoms with E-state index in [-0.39, 0.29) is 18.1 Å². The van der Waals surface area contributed by atoms with Crippen LogP contribution < -0.4 is 4.90 Å². The third-order valence-electron chi connectivity index (χ3n) is 4.22. The van der Waals surface area contributed by atoms with Gasteiger partial charge in [-0.2, -0.15) is 0 Å². The predicted molar refractivity (Wildman–Crippen MR) is 101 cm³/mol. The second-order valence-electron chi connectivity index (χ2n) is 5.85. The molecule has 1 N–H and O–H groups in total. The number of carbonyl (C=O) groups excluding carboxylic acids is 1. The number of carbonyl (C=O) groups is 1. The van der Waals surface area contributed by atoms with Gasteiger partial charge in [-0.3, -0.25) is 9.69 Å². The molecule has 0 spiro atoms. The van der Waals surface area contributed by atoms with Crippen LogP contribution in [0.2, 0.25) is 0 Å². The monoisotopic (exact) mass is 331 g/mol. The Bertz CT molecular complexity index is 805. The average molecular weight is 331 g/mol. The lowest BCUT2D eigenvalue weighted by atomic mass is 10.0. The summed E-state index contributed by atoms with van der Waals surface area (Å²) >= 11 is 0. The predicted octanol–water partition coefficient (Wildman–Crippen LogP) is 4.86. The van der Waals surface area contributed by atoms with Gasteiger partial charge >= 0.3 is 0 Å². The van der Waals surface area contributed by atoms with E-state index in [9.17, 15) is 9.90 Å². The zero-order valence-electron chi connectivity index (χ0n) is 14.2. The number of hydrogen-bond acceptors (Lipinski definition) is 2. The zero-order valence-corrected chi connectivity index (χ0v) is 14.2. The van der Waals surface area contributed by atoms with Gasteiger partial charge in [0.25, 0.3) is 0 Å². The van der Waals surface area contributed by atoms with Crippen molar-refractivity contribution in [3.8, 4) is 5.75 Å². The first-order valence-electron chi connectivity index (χ1n) is 8.43. The Morgan fingerprint density at radius 3 is 1.92 bits per heavy atom. The second-order valence-corrected chi connectivity index (χ2v) is 5.85. The normalized spacial score (nSPS) is 10.4. The van der Waals surface area contributed by atoms with Gasteiger partial charge in [0.05, 0.1) is 6.42 Å². The van der Waals surface area contributed by atoms with Crippen LogP contribution in [0.4, 0.5) is 11.4 Å². The maximum atomic E-state index is 13.1. The highest BCUT2D eigenvalue weighted by Crippen LogP contribution is 2.28. The highest BCUT2D eigenvalue weighted by atomic mass is 16.3. The number of para-hydroxylation sites is 2. The molecule has 3 nitrogen and oxygen atoms in total. The van der Waals surface area contributed by atoms with Gasteiger partial charge in [-0.05, 0) is 47.9 Å². The number of amides is 1. The van der Waals surface area contributed by atoms with E-state index >= 15 is 0 Å². The Morgan fingerprint density at radius 1 is 0.840 bits per heavy atom. The zero-order chi connectivity index (χ0) is 17.6. The number of hydrogen-bond donors (Lipinski definition) is 1. The summed E-state index contributed by atoms with van der Waals surface area (Å²) < 4.78 is 0. The Balaban J connectivity index is 1.97. The van der Waals surface area contributed by atoms with Gasteiger partial charge in [-0.15, -0.1) is 0 Å². The SMILES string of the molecule is CCc1c(O)cccc1CC(=O)N(c1ccccc1)c1ccccc1. The number of rotatable bonds is 5. The number of phenolic OH excluding ortho intramolecular Hbond substituents is 1. The van der Waals surface area contributed by atoms with E-state index in [1.54, 1.807) is 17.0 Å². The van der Waals surface area contributed by atoms with Crippen molar-refractivity contribution < 1.29 is 9.90 Å². The Labute approximate surface area is 148 Å². The average Bonchev–Trinajstić information content (AvgIpc) is 2.64. The highest BCUT2D eigenvalue weighted by Gasteiger charge is 2.19. The summed E-state index contributed by atoms with van der Waals surface area (Å²) in [7, 11) is 0. The molecule has 0 aliphatic carbocycles. The van der Waals surface area contributed by atoms with Crippen molar-refractivity contribution in [3.05, 3.63) is 90.0 Å². The number of anilines is 2. The molecular weight excluding hydrogens is 310 g/mol. The van der Waals surface area contributed by atoms with Crippen molar-refractivity contribution in [1.29, 1.82) is 0 Å². The van der Waals surface area contributed by atoms with Crippen LogP contribution >= 0.6 is 0 Å². The Kier molecular flexibility index (Phi) is 5.14. The fourth-order valence-corrected chi connectivity index (χ4v) is 3.03. The smallest absolute Gasteiger partial charge is 0.235 e. The summed E-state index contributed by atoms with van der Waals surface area (Å²) in [5, 5.41) is 10.1. The van der Waals surface area contributed by atoms with Gasteiger partial charge in [-0.1, -0.05) is 55.5 Å². The summed E-state index contributed by atoms with van der Waals surface area (Å²) in [6.45, 7) is 1.98.